The molecular weight excluding hydrogens is 384 g/mol. The van der Waals surface area contributed by atoms with Crippen LogP contribution in [-0.2, 0) is 11.3 Å². The Morgan fingerprint density at radius 1 is 1.38 bits per heavy atom. The van der Waals surface area contributed by atoms with Crippen LogP contribution in [0, 0.1) is 5.92 Å². The predicted octanol–water partition coefficient (Wildman–Crippen LogP) is 4.32. The van der Waals surface area contributed by atoms with E-state index in [1.54, 1.807) is 13.2 Å². The van der Waals surface area contributed by atoms with Crippen molar-refractivity contribution in [3.8, 4) is 17.1 Å². The molecule has 3 atom stereocenters. The molecule has 7 heteroatoms. The summed E-state index contributed by atoms with van der Waals surface area (Å²) < 4.78 is 7.45. The number of amides is 1. The van der Waals surface area contributed by atoms with Gasteiger partial charge in [-0.05, 0) is 37.8 Å². The van der Waals surface area contributed by atoms with Crippen LogP contribution in [0.5, 0.6) is 5.75 Å². The van der Waals surface area contributed by atoms with E-state index in [1.807, 2.05) is 35.8 Å². The van der Waals surface area contributed by atoms with Crippen molar-refractivity contribution in [3.05, 3.63) is 36.9 Å². The first kappa shape index (κ1) is 21.4. The molecule has 1 saturated carbocycles. The minimum atomic E-state index is -0.262. The lowest BCUT2D eigenvalue weighted by molar-refractivity contribution is -0.121. The molecule has 1 N–H and O–H groups in total. The number of para-hydroxylation sites is 1. The van der Waals surface area contributed by atoms with Gasteiger partial charge < -0.3 is 10.1 Å². The monoisotopic (exact) mass is 414 g/mol. The Labute approximate surface area is 177 Å². The lowest BCUT2D eigenvalue weighted by Crippen LogP contribution is -2.44. The van der Waals surface area contributed by atoms with Gasteiger partial charge >= 0.3 is 0 Å². The lowest BCUT2D eigenvalue weighted by atomic mass is 9.86. The molecule has 0 saturated heterocycles. The molecule has 1 fully saturated rings. The minimum Gasteiger partial charge on any atom is -0.496 e. The third kappa shape index (κ3) is 5.01. The van der Waals surface area contributed by atoms with Crippen LogP contribution < -0.4 is 10.1 Å². The second-order valence-electron chi connectivity index (χ2n) is 7.54. The fourth-order valence-corrected chi connectivity index (χ4v) is 4.61. The summed E-state index contributed by atoms with van der Waals surface area (Å²) in [6, 6.07) is 7.99. The van der Waals surface area contributed by atoms with Gasteiger partial charge in [0.15, 0.2) is 11.0 Å². The minimum absolute atomic E-state index is 0.0562. The van der Waals surface area contributed by atoms with Crippen molar-refractivity contribution < 1.29 is 9.53 Å². The number of hydrogen-bond acceptors (Lipinski definition) is 5. The average Bonchev–Trinajstić information content (AvgIpc) is 3.12. The molecule has 156 valence electrons. The van der Waals surface area contributed by atoms with Crippen LogP contribution in [0.1, 0.15) is 39.5 Å². The fraction of sp³-hybridized carbons (Fsp3) is 0.500. The van der Waals surface area contributed by atoms with Crippen molar-refractivity contribution >= 4 is 17.7 Å². The van der Waals surface area contributed by atoms with Crippen molar-refractivity contribution in [1.29, 1.82) is 0 Å². The Balaban J connectivity index is 1.77. The quantitative estimate of drug-likeness (QED) is 0.515. The highest BCUT2D eigenvalue weighted by Gasteiger charge is 2.26. The number of benzene rings is 1. The standard InChI is InChI=1S/C22H30N4O2S/c1-5-14-26-20(17-11-7-9-13-19(17)28-4)24-25-22(26)29-16(3)21(27)23-18-12-8-6-10-15(18)2/h5,7,9,11,13,15-16,18H,1,6,8,10,12,14H2,2-4H3,(H,23,27)/t15-,16-,18+/m1/s1. The van der Waals surface area contributed by atoms with E-state index in [4.69, 9.17) is 4.74 Å². The Hall–Kier alpha value is -2.28. The van der Waals surface area contributed by atoms with Gasteiger partial charge in [0.2, 0.25) is 5.91 Å². The molecule has 0 spiro atoms. The van der Waals surface area contributed by atoms with Crippen LogP contribution in [0.25, 0.3) is 11.4 Å². The number of nitrogens with one attached hydrogen (secondary N) is 1. The molecule has 6 nitrogen and oxygen atoms in total. The van der Waals surface area contributed by atoms with Crippen LogP contribution in [0.2, 0.25) is 0 Å². The van der Waals surface area contributed by atoms with Gasteiger partial charge in [0.1, 0.15) is 5.75 Å². The average molecular weight is 415 g/mol. The van der Waals surface area contributed by atoms with E-state index in [0.717, 1.165) is 17.7 Å². The highest BCUT2D eigenvalue weighted by molar-refractivity contribution is 8.00. The molecule has 1 aromatic carbocycles. The fourth-order valence-electron chi connectivity index (χ4n) is 3.74. The normalized spacial score (nSPS) is 20.1. The third-order valence-corrected chi connectivity index (χ3v) is 6.55. The van der Waals surface area contributed by atoms with Gasteiger partial charge in [0.25, 0.3) is 0 Å². The first-order chi connectivity index (χ1) is 14.0. The zero-order valence-corrected chi connectivity index (χ0v) is 18.2. The highest BCUT2D eigenvalue weighted by atomic mass is 32.2. The highest BCUT2D eigenvalue weighted by Crippen LogP contribution is 2.32. The molecule has 2 aromatic rings. The van der Waals surface area contributed by atoms with E-state index in [1.165, 1.54) is 31.0 Å². The summed E-state index contributed by atoms with van der Waals surface area (Å²) in [5, 5.41) is 12.4. The van der Waals surface area contributed by atoms with E-state index in [0.29, 0.717) is 23.4 Å². The summed E-state index contributed by atoms with van der Waals surface area (Å²) in [5.41, 5.74) is 0.865. The predicted molar refractivity (Wildman–Crippen MR) is 117 cm³/mol. The number of carbonyl (C=O) groups excluding carboxylic acids is 1. The second-order valence-corrected chi connectivity index (χ2v) is 8.85. The molecule has 1 aliphatic carbocycles. The molecule has 29 heavy (non-hydrogen) atoms. The second kappa shape index (κ2) is 9.96. The molecule has 1 aliphatic rings. The summed E-state index contributed by atoms with van der Waals surface area (Å²) in [5.74, 6) is 2.03. The van der Waals surface area contributed by atoms with E-state index >= 15 is 0 Å². The largest absolute Gasteiger partial charge is 0.496 e. The SMILES string of the molecule is C=CCn1c(S[C@H](C)C(=O)N[C@H]2CCCC[C@H]2C)nnc1-c1ccccc1OC. The molecule has 1 aromatic heterocycles. The van der Waals surface area contributed by atoms with Gasteiger partial charge in [0, 0.05) is 12.6 Å². The molecule has 1 heterocycles. The van der Waals surface area contributed by atoms with Crippen molar-refractivity contribution in [2.75, 3.05) is 7.11 Å². The maximum atomic E-state index is 12.8. The number of hydrogen-bond donors (Lipinski definition) is 1. The number of carbonyl (C=O) groups is 1. The van der Waals surface area contributed by atoms with E-state index in [-0.39, 0.29) is 17.2 Å². The van der Waals surface area contributed by atoms with Crippen LogP contribution in [0.4, 0.5) is 0 Å². The topological polar surface area (TPSA) is 69.0 Å². The Kier molecular flexibility index (Phi) is 7.36. The number of rotatable bonds is 8. The van der Waals surface area contributed by atoms with Crippen LogP contribution >= 0.6 is 11.8 Å². The number of aromatic nitrogens is 3. The smallest absolute Gasteiger partial charge is 0.233 e. The number of ether oxygens (including phenoxy) is 1. The first-order valence-electron chi connectivity index (χ1n) is 10.2. The van der Waals surface area contributed by atoms with Crippen molar-refractivity contribution in [3.63, 3.8) is 0 Å². The lowest BCUT2D eigenvalue weighted by Gasteiger charge is -2.30. The van der Waals surface area contributed by atoms with E-state index in [2.05, 4.69) is 29.0 Å². The summed E-state index contributed by atoms with van der Waals surface area (Å²) in [6.45, 7) is 8.55. The third-order valence-electron chi connectivity index (χ3n) is 5.47. The molecule has 3 rings (SSSR count). The van der Waals surface area contributed by atoms with Crippen molar-refractivity contribution in [2.45, 2.75) is 62.5 Å². The summed E-state index contributed by atoms with van der Waals surface area (Å²) in [7, 11) is 1.64. The van der Waals surface area contributed by atoms with Gasteiger partial charge in [-0.2, -0.15) is 0 Å². The Bertz CT molecular complexity index is 851. The van der Waals surface area contributed by atoms with Crippen LogP contribution in [0.15, 0.2) is 42.1 Å². The molecule has 0 bridgehead atoms. The Morgan fingerprint density at radius 2 is 2.14 bits per heavy atom. The van der Waals surface area contributed by atoms with Crippen molar-refractivity contribution in [2.24, 2.45) is 5.92 Å². The summed E-state index contributed by atoms with van der Waals surface area (Å²) in [6.07, 6.45) is 6.50. The number of allylic oxidation sites excluding steroid dienone is 1. The van der Waals surface area contributed by atoms with Crippen molar-refractivity contribution in [1.82, 2.24) is 20.1 Å². The number of nitrogens with zero attached hydrogens (tertiary/aromatic N) is 3. The van der Waals surface area contributed by atoms with Gasteiger partial charge in [-0.1, -0.05) is 49.7 Å². The molecule has 0 aliphatic heterocycles. The summed E-state index contributed by atoms with van der Waals surface area (Å²) >= 11 is 1.43. The Morgan fingerprint density at radius 3 is 2.86 bits per heavy atom. The maximum Gasteiger partial charge on any atom is 0.233 e. The van der Waals surface area contributed by atoms with Crippen LogP contribution in [0.3, 0.4) is 0 Å². The molecular formula is C22H30N4O2S. The molecule has 1 amide bonds. The number of methoxy groups -OCH3 is 1. The zero-order chi connectivity index (χ0) is 20.8. The van der Waals surface area contributed by atoms with Crippen LogP contribution in [-0.4, -0.2) is 39.1 Å². The summed E-state index contributed by atoms with van der Waals surface area (Å²) in [4.78, 5) is 12.8. The van der Waals surface area contributed by atoms with Gasteiger partial charge in [-0.3, -0.25) is 9.36 Å². The van der Waals surface area contributed by atoms with E-state index in [9.17, 15) is 4.79 Å². The van der Waals surface area contributed by atoms with Gasteiger partial charge in [-0.15, -0.1) is 16.8 Å². The first-order valence-corrected chi connectivity index (χ1v) is 11.1. The molecule has 0 unspecified atom stereocenters. The number of thioether (sulfide) groups is 1. The van der Waals surface area contributed by atoms with Gasteiger partial charge in [-0.25, -0.2) is 0 Å². The molecule has 0 radical (unpaired) electrons. The van der Waals surface area contributed by atoms with E-state index < -0.39 is 0 Å². The maximum absolute atomic E-state index is 12.8. The zero-order valence-electron chi connectivity index (χ0n) is 17.4. The van der Waals surface area contributed by atoms with Gasteiger partial charge in [0.05, 0.1) is 17.9 Å².